The van der Waals surface area contributed by atoms with Crippen LogP contribution in [0.3, 0.4) is 0 Å². The van der Waals surface area contributed by atoms with E-state index in [2.05, 4.69) is 5.32 Å². The Morgan fingerprint density at radius 2 is 2.05 bits per heavy atom. The van der Waals surface area contributed by atoms with Crippen molar-refractivity contribution in [1.82, 2.24) is 5.32 Å². The fraction of sp³-hybridized carbons (Fsp3) is 0.429. The Kier molecular flexibility index (Phi) is 4.67. The summed E-state index contributed by atoms with van der Waals surface area (Å²) in [6.07, 6.45) is 0. The lowest BCUT2D eigenvalue weighted by atomic mass is 9.84. The van der Waals surface area contributed by atoms with E-state index in [9.17, 15) is 4.79 Å². The van der Waals surface area contributed by atoms with Gasteiger partial charge in [0.05, 0.1) is 6.04 Å². The third kappa shape index (κ3) is 4.37. The lowest BCUT2D eigenvalue weighted by molar-refractivity contribution is -0.127. The molecule has 1 rings (SSSR count). The number of rotatable bonds is 4. The molecule has 0 aliphatic rings. The second kappa shape index (κ2) is 5.84. The van der Waals surface area contributed by atoms with E-state index in [0.717, 1.165) is 11.1 Å². The fourth-order valence-corrected chi connectivity index (χ4v) is 1.71. The van der Waals surface area contributed by atoms with Gasteiger partial charge in [-0.15, -0.1) is 0 Å². The van der Waals surface area contributed by atoms with Gasteiger partial charge in [0, 0.05) is 12.0 Å². The smallest absolute Gasteiger partial charge is 0.185 e. The van der Waals surface area contributed by atoms with Gasteiger partial charge >= 0.3 is 0 Å². The standard InChI is InChI=1S/C14H22N4O/c1-14(2,3)12(19)11(15)10-6-4-5-9(7-10)8-18-13(16)17/h4-7,11H,8,15H2,1-3H3,(H4,16,17,18). The Bertz CT molecular complexity index is 477. The number of Topliss-reactive ketones (excluding diaryl/α,β-unsaturated/α-hetero) is 1. The summed E-state index contributed by atoms with van der Waals surface area (Å²) >= 11 is 0. The number of nitrogens with one attached hydrogen (secondary N) is 2. The van der Waals surface area contributed by atoms with Crippen LogP contribution in [0.5, 0.6) is 0 Å². The summed E-state index contributed by atoms with van der Waals surface area (Å²) in [5, 5.41) is 9.84. The van der Waals surface area contributed by atoms with Gasteiger partial charge < -0.3 is 16.8 Å². The van der Waals surface area contributed by atoms with Crippen molar-refractivity contribution in [1.29, 1.82) is 5.41 Å². The first-order chi connectivity index (χ1) is 8.71. The Morgan fingerprint density at radius 3 is 2.58 bits per heavy atom. The predicted octanol–water partition coefficient (Wildman–Crippen LogP) is 1.28. The molecule has 0 fully saturated rings. The van der Waals surface area contributed by atoms with E-state index >= 15 is 0 Å². The molecule has 0 aromatic heterocycles. The summed E-state index contributed by atoms with van der Waals surface area (Å²) in [4.78, 5) is 12.1. The van der Waals surface area contributed by atoms with E-state index in [1.165, 1.54) is 0 Å². The number of benzene rings is 1. The Balaban J connectivity index is 2.87. The first-order valence-corrected chi connectivity index (χ1v) is 6.18. The number of carbonyl (C=O) groups excluding carboxylic acids is 1. The SMILES string of the molecule is CC(C)(C)C(=O)C(N)c1cccc(CNC(=N)N)c1. The van der Waals surface area contributed by atoms with E-state index in [4.69, 9.17) is 16.9 Å². The molecule has 0 saturated heterocycles. The zero-order valence-corrected chi connectivity index (χ0v) is 11.7. The largest absolute Gasteiger partial charge is 0.370 e. The highest BCUT2D eigenvalue weighted by molar-refractivity contribution is 5.89. The maximum Gasteiger partial charge on any atom is 0.185 e. The van der Waals surface area contributed by atoms with Crippen LogP contribution in [-0.4, -0.2) is 11.7 Å². The minimum Gasteiger partial charge on any atom is -0.370 e. The average Bonchev–Trinajstić information content (AvgIpc) is 2.33. The van der Waals surface area contributed by atoms with Crippen LogP contribution in [0.2, 0.25) is 0 Å². The topological polar surface area (TPSA) is 105 Å². The minimum atomic E-state index is -0.628. The predicted molar refractivity (Wildman–Crippen MR) is 76.6 cm³/mol. The molecule has 104 valence electrons. The zero-order chi connectivity index (χ0) is 14.6. The summed E-state index contributed by atoms with van der Waals surface area (Å²) in [6, 6.07) is 6.82. The normalized spacial score (nSPS) is 12.8. The van der Waals surface area contributed by atoms with E-state index < -0.39 is 11.5 Å². The van der Waals surface area contributed by atoms with Gasteiger partial charge in [0.25, 0.3) is 0 Å². The maximum atomic E-state index is 12.1. The van der Waals surface area contributed by atoms with Crippen LogP contribution in [0.15, 0.2) is 24.3 Å². The second-order valence-corrected chi connectivity index (χ2v) is 5.60. The van der Waals surface area contributed by atoms with Crippen molar-refractivity contribution in [3.8, 4) is 0 Å². The summed E-state index contributed by atoms with van der Waals surface area (Å²) in [5.74, 6) is -0.0790. The highest BCUT2D eigenvalue weighted by Gasteiger charge is 2.28. The van der Waals surface area contributed by atoms with Crippen LogP contribution in [-0.2, 0) is 11.3 Å². The molecular formula is C14H22N4O. The van der Waals surface area contributed by atoms with E-state index in [0.29, 0.717) is 6.54 Å². The number of nitrogens with two attached hydrogens (primary N) is 2. The number of hydrogen-bond acceptors (Lipinski definition) is 3. The quantitative estimate of drug-likeness (QED) is 0.484. The van der Waals surface area contributed by atoms with E-state index in [1.54, 1.807) is 0 Å². The molecule has 0 aliphatic heterocycles. The van der Waals surface area contributed by atoms with Crippen LogP contribution in [0.1, 0.15) is 37.9 Å². The van der Waals surface area contributed by atoms with Crippen LogP contribution < -0.4 is 16.8 Å². The van der Waals surface area contributed by atoms with Crippen molar-refractivity contribution in [2.75, 3.05) is 0 Å². The monoisotopic (exact) mass is 262 g/mol. The van der Waals surface area contributed by atoms with Crippen LogP contribution in [0.25, 0.3) is 0 Å². The molecule has 1 aromatic carbocycles. The van der Waals surface area contributed by atoms with Gasteiger partial charge in [-0.2, -0.15) is 0 Å². The Labute approximate surface area is 113 Å². The second-order valence-electron chi connectivity index (χ2n) is 5.60. The summed E-state index contributed by atoms with van der Waals surface area (Å²) in [6.45, 7) is 6.02. The lowest BCUT2D eigenvalue weighted by Gasteiger charge is -2.22. The van der Waals surface area contributed by atoms with E-state index in [1.807, 2.05) is 45.0 Å². The molecule has 19 heavy (non-hydrogen) atoms. The average molecular weight is 262 g/mol. The van der Waals surface area contributed by atoms with Gasteiger partial charge in [0.1, 0.15) is 0 Å². The van der Waals surface area contributed by atoms with Gasteiger partial charge in [-0.25, -0.2) is 0 Å². The molecule has 1 unspecified atom stereocenters. The van der Waals surface area contributed by atoms with Crippen LogP contribution in [0.4, 0.5) is 0 Å². The van der Waals surface area contributed by atoms with Crippen LogP contribution >= 0.6 is 0 Å². The van der Waals surface area contributed by atoms with Crippen molar-refractivity contribution in [3.63, 3.8) is 0 Å². The molecule has 6 N–H and O–H groups in total. The molecule has 1 aromatic rings. The Morgan fingerprint density at radius 1 is 1.42 bits per heavy atom. The fourth-order valence-electron chi connectivity index (χ4n) is 1.71. The molecule has 0 aliphatic carbocycles. The number of carbonyl (C=O) groups is 1. The van der Waals surface area contributed by atoms with Crippen molar-refractivity contribution in [2.45, 2.75) is 33.4 Å². The van der Waals surface area contributed by atoms with Gasteiger partial charge in [0.2, 0.25) is 0 Å². The zero-order valence-electron chi connectivity index (χ0n) is 11.7. The van der Waals surface area contributed by atoms with Gasteiger partial charge in [-0.1, -0.05) is 45.0 Å². The molecule has 0 radical (unpaired) electrons. The first-order valence-electron chi connectivity index (χ1n) is 6.18. The first kappa shape index (κ1) is 15.2. The van der Waals surface area contributed by atoms with Crippen molar-refractivity contribution in [2.24, 2.45) is 16.9 Å². The summed E-state index contributed by atoms with van der Waals surface area (Å²) in [5.41, 5.74) is 12.5. The highest BCUT2D eigenvalue weighted by atomic mass is 16.1. The highest BCUT2D eigenvalue weighted by Crippen LogP contribution is 2.24. The molecular weight excluding hydrogens is 240 g/mol. The van der Waals surface area contributed by atoms with E-state index in [-0.39, 0.29) is 11.7 Å². The van der Waals surface area contributed by atoms with Crippen molar-refractivity contribution in [3.05, 3.63) is 35.4 Å². The number of guanidine groups is 1. The number of hydrogen-bond donors (Lipinski definition) is 4. The molecule has 0 spiro atoms. The van der Waals surface area contributed by atoms with Gasteiger partial charge in [-0.05, 0) is 11.1 Å². The van der Waals surface area contributed by atoms with Gasteiger partial charge in [-0.3, -0.25) is 10.2 Å². The molecule has 1 atom stereocenters. The lowest BCUT2D eigenvalue weighted by Crippen LogP contribution is -2.32. The van der Waals surface area contributed by atoms with Crippen LogP contribution in [0, 0.1) is 10.8 Å². The molecule has 0 saturated carbocycles. The maximum absolute atomic E-state index is 12.1. The minimum absolute atomic E-state index is 0.00387. The molecule has 0 heterocycles. The number of ketones is 1. The van der Waals surface area contributed by atoms with Crippen molar-refractivity contribution < 1.29 is 4.79 Å². The molecule has 5 nitrogen and oxygen atoms in total. The Hall–Kier alpha value is -1.88. The third-order valence-electron chi connectivity index (χ3n) is 2.81. The summed E-state index contributed by atoms with van der Waals surface area (Å²) < 4.78 is 0. The molecule has 0 amide bonds. The van der Waals surface area contributed by atoms with Crippen molar-refractivity contribution >= 4 is 11.7 Å². The molecule has 5 heteroatoms. The summed E-state index contributed by atoms with van der Waals surface area (Å²) in [7, 11) is 0. The third-order valence-corrected chi connectivity index (χ3v) is 2.81. The molecule has 0 bridgehead atoms. The van der Waals surface area contributed by atoms with Gasteiger partial charge in [0.15, 0.2) is 11.7 Å².